The summed E-state index contributed by atoms with van der Waals surface area (Å²) >= 11 is 0. The van der Waals surface area contributed by atoms with Gasteiger partial charge in [0.1, 0.15) is 24.3 Å². The first-order valence-electron chi connectivity index (χ1n) is 17.7. The Bertz CT molecular complexity index is 2000. The fourth-order valence-electron chi connectivity index (χ4n) is 8.52. The molecule has 3 unspecified atom stereocenters. The lowest BCUT2D eigenvalue weighted by Crippen LogP contribution is -2.52. The second-order valence-electron chi connectivity index (χ2n) is 14.0. The molecule has 0 amide bonds. The molecule has 0 spiro atoms. The molecule has 2 fully saturated rings. The number of aryl methyl sites for hydroxylation is 1. The summed E-state index contributed by atoms with van der Waals surface area (Å²) in [6.07, 6.45) is 0.990. The highest BCUT2D eigenvalue weighted by molar-refractivity contribution is 5.91. The van der Waals surface area contributed by atoms with Crippen molar-refractivity contribution in [3.05, 3.63) is 82.3 Å². The summed E-state index contributed by atoms with van der Waals surface area (Å²) in [6, 6.07) is 13.3. The third kappa shape index (κ3) is 7.22. The zero-order valence-electron chi connectivity index (χ0n) is 30.4. The Kier molecular flexibility index (Phi) is 10.2. The van der Waals surface area contributed by atoms with Crippen molar-refractivity contribution in [1.82, 2.24) is 9.88 Å². The Morgan fingerprint density at radius 3 is 2.40 bits per heavy atom. The Morgan fingerprint density at radius 1 is 0.925 bits per heavy atom. The third-order valence-corrected chi connectivity index (χ3v) is 10.9. The van der Waals surface area contributed by atoms with Crippen LogP contribution >= 0.6 is 0 Å². The third-order valence-electron chi connectivity index (χ3n) is 10.9. The fraction of sp³-hybridized carbons (Fsp3) is 0.425. The normalized spacial score (nSPS) is 22.1. The minimum Gasteiger partial charge on any atom is -0.497 e. The van der Waals surface area contributed by atoms with Crippen LogP contribution in [0.4, 0.5) is 9.18 Å². The molecule has 2 aliphatic heterocycles. The molecule has 280 valence electrons. The van der Waals surface area contributed by atoms with Gasteiger partial charge in [-0.3, -0.25) is 9.69 Å². The number of hydrogen-bond donors (Lipinski definition) is 1. The second kappa shape index (κ2) is 15.0. The molecular formula is C40H43FN2O10. The number of aromatic nitrogens is 1. The average molecular weight is 731 g/mol. The lowest BCUT2D eigenvalue weighted by atomic mass is 9.65. The van der Waals surface area contributed by atoms with Crippen molar-refractivity contribution in [1.29, 1.82) is 0 Å². The van der Waals surface area contributed by atoms with E-state index < -0.39 is 30.0 Å². The first-order valence-corrected chi connectivity index (χ1v) is 17.7. The molecule has 13 heteroatoms. The van der Waals surface area contributed by atoms with E-state index in [0.29, 0.717) is 24.0 Å². The van der Waals surface area contributed by atoms with Crippen LogP contribution in [0, 0.1) is 30.5 Å². The number of ether oxygens (including phenoxy) is 7. The van der Waals surface area contributed by atoms with Gasteiger partial charge in [0.25, 0.3) is 0 Å². The van der Waals surface area contributed by atoms with E-state index in [-0.39, 0.29) is 53.3 Å². The molecule has 1 saturated carbocycles. The molecule has 3 aliphatic rings. The molecule has 1 aromatic heterocycles. The minimum absolute atomic E-state index is 0.0317. The number of rotatable bonds is 9. The number of hydrogen-bond acceptors (Lipinski definition) is 11. The molecule has 1 N–H and O–H groups in total. The predicted molar refractivity (Wildman–Crippen MR) is 190 cm³/mol. The van der Waals surface area contributed by atoms with E-state index in [4.69, 9.17) is 33.2 Å². The number of aromatic amines is 1. The van der Waals surface area contributed by atoms with Crippen molar-refractivity contribution in [2.75, 3.05) is 41.5 Å². The molecule has 1 saturated heterocycles. The van der Waals surface area contributed by atoms with Crippen LogP contribution in [0.3, 0.4) is 0 Å². The number of benzene rings is 3. The van der Waals surface area contributed by atoms with Gasteiger partial charge >= 0.3 is 18.1 Å². The monoisotopic (exact) mass is 730 g/mol. The van der Waals surface area contributed by atoms with E-state index in [0.717, 1.165) is 37.2 Å². The van der Waals surface area contributed by atoms with Gasteiger partial charge in [-0.25, -0.2) is 14.0 Å². The Balaban J connectivity index is 1.05. The highest BCUT2D eigenvalue weighted by atomic mass is 19.1. The highest BCUT2D eigenvalue weighted by Gasteiger charge is 2.49. The maximum Gasteiger partial charge on any atom is 0.514 e. The zero-order valence-corrected chi connectivity index (χ0v) is 30.4. The summed E-state index contributed by atoms with van der Waals surface area (Å²) in [5.74, 6) is -0.937. The van der Waals surface area contributed by atoms with Crippen molar-refractivity contribution < 1.29 is 51.9 Å². The van der Waals surface area contributed by atoms with Crippen LogP contribution in [0.1, 0.15) is 58.0 Å². The molecule has 5 atom stereocenters. The smallest absolute Gasteiger partial charge is 0.497 e. The topological polar surface area (TPSA) is 135 Å². The molecule has 0 radical (unpaired) electrons. The van der Waals surface area contributed by atoms with Crippen LogP contribution < -0.4 is 18.9 Å². The van der Waals surface area contributed by atoms with E-state index >= 15 is 0 Å². The predicted octanol–water partition coefficient (Wildman–Crippen LogP) is 6.70. The number of nitrogens with one attached hydrogen (secondary N) is 1. The standard InChI is InChI=1S/C40H43FN2O10/c1-21-10-22(12-25(41)11-21)20-51-40(46)53-37-34(48-3)14-23(15-35(37)49-4)38(44)52-27-13-24-19-43-9-8-29-28-7-6-26(47-2)17-32(28)42-36(29)33(43)18-30(24)31(16-27)39(45)50-5/h6-7,10-12,14-15,17,24,27,30-31,33,42H,8-9,13,16,18-20H2,1-5H3/t24-,27?,30+,31?,33?/m1/s1. The van der Waals surface area contributed by atoms with Crippen LogP contribution in [-0.2, 0) is 32.0 Å². The van der Waals surface area contributed by atoms with Gasteiger partial charge in [-0.2, -0.15) is 0 Å². The van der Waals surface area contributed by atoms with Crippen LogP contribution in [0.15, 0.2) is 48.5 Å². The van der Waals surface area contributed by atoms with Gasteiger partial charge in [0.05, 0.1) is 46.0 Å². The molecular weight excluding hydrogens is 687 g/mol. The number of H-pyrrole nitrogens is 1. The van der Waals surface area contributed by atoms with E-state index in [9.17, 15) is 18.8 Å². The van der Waals surface area contributed by atoms with E-state index in [1.165, 1.54) is 62.2 Å². The average Bonchev–Trinajstić information content (AvgIpc) is 3.53. The first kappa shape index (κ1) is 36.1. The maximum absolute atomic E-state index is 13.8. The van der Waals surface area contributed by atoms with E-state index in [1.54, 1.807) is 20.1 Å². The number of piperidine rings is 1. The van der Waals surface area contributed by atoms with Crippen molar-refractivity contribution in [3.63, 3.8) is 0 Å². The number of fused-ring (bicyclic) bond motifs is 6. The summed E-state index contributed by atoms with van der Waals surface area (Å²) < 4.78 is 52.1. The molecule has 3 heterocycles. The van der Waals surface area contributed by atoms with Gasteiger partial charge in [0.15, 0.2) is 11.5 Å². The molecule has 1 aliphatic carbocycles. The molecule has 53 heavy (non-hydrogen) atoms. The Morgan fingerprint density at radius 2 is 1.70 bits per heavy atom. The molecule has 0 bridgehead atoms. The minimum atomic E-state index is -1.08. The summed E-state index contributed by atoms with van der Waals surface area (Å²) in [7, 11) is 5.76. The van der Waals surface area contributed by atoms with Crippen molar-refractivity contribution in [2.24, 2.45) is 17.8 Å². The SMILES string of the molecule is COC(=O)C1CC(OC(=O)c2cc(OC)c(OC(=O)OCc3cc(C)cc(F)c3)c(OC)c2)C[C@@H]2CN3CCc4c([nH]c5cc(OC)ccc45)C3C[C@H]12. The van der Waals surface area contributed by atoms with Crippen LogP contribution in [0.25, 0.3) is 10.9 Å². The molecule has 3 aromatic carbocycles. The summed E-state index contributed by atoms with van der Waals surface area (Å²) in [6.45, 7) is 3.16. The maximum atomic E-state index is 13.8. The zero-order chi connectivity index (χ0) is 37.4. The van der Waals surface area contributed by atoms with Crippen LogP contribution in [-0.4, -0.2) is 75.6 Å². The van der Waals surface area contributed by atoms with Gasteiger partial charge in [0.2, 0.25) is 5.75 Å². The second-order valence-corrected chi connectivity index (χ2v) is 14.0. The van der Waals surface area contributed by atoms with Gasteiger partial charge in [-0.15, -0.1) is 0 Å². The largest absolute Gasteiger partial charge is 0.514 e. The highest BCUT2D eigenvalue weighted by Crippen LogP contribution is 2.50. The van der Waals surface area contributed by atoms with E-state index in [1.807, 2.05) is 12.1 Å². The molecule has 12 nitrogen and oxygen atoms in total. The number of halogens is 1. The van der Waals surface area contributed by atoms with Crippen molar-refractivity contribution >= 4 is 29.0 Å². The Labute approximate surface area is 306 Å². The molecule has 4 aromatic rings. The van der Waals surface area contributed by atoms with Crippen molar-refractivity contribution in [3.8, 4) is 23.0 Å². The number of carbonyl (C=O) groups excluding carboxylic acids is 3. The van der Waals surface area contributed by atoms with Gasteiger partial charge < -0.3 is 38.1 Å². The quantitative estimate of drug-likeness (QED) is 0.112. The number of carbonyl (C=O) groups is 3. The number of nitrogens with zero attached hydrogens (tertiary/aromatic N) is 1. The summed E-state index contributed by atoms with van der Waals surface area (Å²) in [5.41, 5.74) is 4.79. The van der Waals surface area contributed by atoms with Gasteiger partial charge in [-0.05, 0) is 97.5 Å². The fourth-order valence-corrected chi connectivity index (χ4v) is 8.52. The summed E-state index contributed by atoms with van der Waals surface area (Å²) in [5, 5.41) is 1.20. The lowest BCUT2D eigenvalue weighted by molar-refractivity contribution is -0.155. The Hall–Kier alpha value is -5.30. The van der Waals surface area contributed by atoms with Crippen LogP contribution in [0.2, 0.25) is 0 Å². The molecule has 7 rings (SSSR count). The van der Waals surface area contributed by atoms with Crippen LogP contribution in [0.5, 0.6) is 23.0 Å². The lowest BCUT2D eigenvalue weighted by Gasteiger charge is -2.51. The van der Waals surface area contributed by atoms with Gasteiger partial charge in [0, 0.05) is 35.8 Å². The van der Waals surface area contributed by atoms with Gasteiger partial charge in [-0.1, -0.05) is 6.07 Å². The van der Waals surface area contributed by atoms with E-state index in [2.05, 4.69) is 16.0 Å². The number of esters is 2. The first-order chi connectivity index (χ1) is 25.6. The van der Waals surface area contributed by atoms with Crippen molar-refractivity contribution in [2.45, 2.75) is 51.4 Å². The summed E-state index contributed by atoms with van der Waals surface area (Å²) in [4.78, 5) is 45.7. The number of methoxy groups -OCH3 is 4.